The molecule has 0 bridgehead atoms. The van der Waals surface area contributed by atoms with Crippen molar-refractivity contribution in [3.63, 3.8) is 0 Å². The topological polar surface area (TPSA) is 113 Å². The van der Waals surface area contributed by atoms with Gasteiger partial charge in [0.1, 0.15) is 6.04 Å². The fraction of sp³-hybridized carbons (Fsp3) is 0.409. The second-order valence-corrected chi connectivity index (χ2v) is 11.6. The minimum atomic E-state index is -3.72. The van der Waals surface area contributed by atoms with Crippen molar-refractivity contribution in [2.45, 2.75) is 50.5 Å². The maximum absolute atomic E-state index is 12.8. The molecule has 1 aliphatic rings. The highest BCUT2D eigenvalue weighted by atomic mass is 32.2. The molecule has 1 fully saturated rings. The lowest BCUT2D eigenvalue weighted by molar-refractivity contribution is -0.120. The first kappa shape index (κ1) is 24.2. The number of hydrogen-bond donors (Lipinski definition) is 2. The third-order valence-corrected chi connectivity index (χ3v) is 8.78. The van der Waals surface area contributed by atoms with Crippen molar-refractivity contribution >= 4 is 37.3 Å². The van der Waals surface area contributed by atoms with Crippen molar-refractivity contribution in [3.8, 4) is 0 Å². The van der Waals surface area contributed by atoms with Gasteiger partial charge in [-0.3, -0.25) is 9.52 Å². The molecule has 1 unspecified atom stereocenters. The maximum atomic E-state index is 12.8. The Labute approximate surface area is 190 Å². The van der Waals surface area contributed by atoms with E-state index >= 15 is 0 Å². The molecule has 1 amide bonds. The van der Waals surface area contributed by atoms with E-state index in [0.717, 1.165) is 18.4 Å². The van der Waals surface area contributed by atoms with Crippen LogP contribution in [0, 0.1) is 6.92 Å². The Balaban J connectivity index is 1.68. The first-order chi connectivity index (χ1) is 15.1. The number of anilines is 2. The minimum absolute atomic E-state index is 0.0204. The Kier molecular flexibility index (Phi) is 7.58. The van der Waals surface area contributed by atoms with Crippen LogP contribution in [-0.4, -0.2) is 45.4 Å². The van der Waals surface area contributed by atoms with Crippen LogP contribution in [-0.2, 0) is 24.8 Å². The molecule has 2 N–H and O–H groups in total. The number of aryl methyl sites for hydroxylation is 1. The molecule has 32 heavy (non-hydrogen) atoms. The molecule has 0 spiro atoms. The molecule has 8 nitrogen and oxygen atoms in total. The van der Waals surface area contributed by atoms with E-state index in [4.69, 9.17) is 0 Å². The summed E-state index contributed by atoms with van der Waals surface area (Å²) in [5, 5.41) is 2.76. The number of benzene rings is 2. The highest BCUT2D eigenvalue weighted by molar-refractivity contribution is 7.92. The maximum Gasteiger partial charge on any atom is 0.261 e. The van der Waals surface area contributed by atoms with Crippen molar-refractivity contribution in [1.29, 1.82) is 0 Å². The molecule has 0 saturated carbocycles. The van der Waals surface area contributed by atoms with E-state index in [1.54, 1.807) is 43.3 Å². The molecular weight excluding hydrogens is 450 g/mol. The normalized spacial score (nSPS) is 17.6. The second-order valence-electron chi connectivity index (χ2n) is 7.92. The summed E-state index contributed by atoms with van der Waals surface area (Å²) in [4.78, 5) is 13.0. The Morgan fingerprint density at radius 3 is 2.22 bits per heavy atom. The largest absolute Gasteiger partial charge is 0.325 e. The van der Waals surface area contributed by atoms with E-state index in [1.165, 1.54) is 16.4 Å². The van der Waals surface area contributed by atoms with Crippen molar-refractivity contribution < 1.29 is 21.6 Å². The smallest absolute Gasteiger partial charge is 0.261 e. The summed E-state index contributed by atoms with van der Waals surface area (Å²) in [5.41, 5.74) is 1.78. The van der Waals surface area contributed by atoms with Crippen LogP contribution in [0.3, 0.4) is 0 Å². The van der Waals surface area contributed by atoms with Crippen LogP contribution in [0.2, 0.25) is 0 Å². The van der Waals surface area contributed by atoms with Gasteiger partial charge in [-0.15, -0.1) is 0 Å². The molecule has 1 saturated heterocycles. The molecule has 174 valence electrons. The lowest BCUT2D eigenvalue weighted by Crippen LogP contribution is -2.50. The van der Waals surface area contributed by atoms with E-state index in [0.29, 0.717) is 30.8 Å². The van der Waals surface area contributed by atoms with Crippen LogP contribution in [0.25, 0.3) is 0 Å². The third kappa shape index (κ3) is 5.87. The van der Waals surface area contributed by atoms with Gasteiger partial charge in [-0.2, -0.15) is 4.31 Å². The summed E-state index contributed by atoms with van der Waals surface area (Å²) >= 11 is 0. The van der Waals surface area contributed by atoms with Crippen molar-refractivity contribution in [1.82, 2.24) is 4.31 Å². The fourth-order valence-electron chi connectivity index (χ4n) is 3.65. The summed E-state index contributed by atoms with van der Waals surface area (Å²) in [6.45, 7) is 4.02. The summed E-state index contributed by atoms with van der Waals surface area (Å²) < 4.78 is 54.0. The van der Waals surface area contributed by atoms with Crippen LogP contribution in [0.15, 0.2) is 53.4 Å². The zero-order chi connectivity index (χ0) is 23.4. The second kappa shape index (κ2) is 10.0. The van der Waals surface area contributed by atoms with E-state index < -0.39 is 26.1 Å². The van der Waals surface area contributed by atoms with Crippen molar-refractivity contribution in [3.05, 3.63) is 54.1 Å². The van der Waals surface area contributed by atoms with Crippen LogP contribution >= 0.6 is 0 Å². The van der Waals surface area contributed by atoms with Gasteiger partial charge in [0.2, 0.25) is 15.9 Å². The van der Waals surface area contributed by atoms with E-state index in [2.05, 4.69) is 10.0 Å². The minimum Gasteiger partial charge on any atom is -0.325 e. The van der Waals surface area contributed by atoms with Gasteiger partial charge in [-0.1, -0.05) is 31.0 Å². The van der Waals surface area contributed by atoms with Gasteiger partial charge in [0.05, 0.1) is 10.6 Å². The predicted octanol–water partition coefficient (Wildman–Crippen LogP) is 3.33. The Bertz CT molecular complexity index is 1150. The van der Waals surface area contributed by atoms with Gasteiger partial charge < -0.3 is 5.32 Å². The van der Waals surface area contributed by atoms with E-state index in [-0.39, 0.29) is 16.6 Å². The van der Waals surface area contributed by atoms with Gasteiger partial charge in [0, 0.05) is 17.9 Å². The number of carbonyl (C=O) groups excluding carboxylic acids is 1. The third-order valence-electron chi connectivity index (χ3n) is 5.31. The molecule has 2 aromatic rings. The fourth-order valence-corrected chi connectivity index (χ4v) is 6.46. The summed E-state index contributed by atoms with van der Waals surface area (Å²) in [7, 11) is -7.20. The van der Waals surface area contributed by atoms with Crippen molar-refractivity contribution in [2.75, 3.05) is 22.3 Å². The van der Waals surface area contributed by atoms with E-state index in [9.17, 15) is 21.6 Å². The van der Waals surface area contributed by atoms with Gasteiger partial charge in [-0.25, -0.2) is 16.8 Å². The van der Waals surface area contributed by atoms with Crippen LogP contribution < -0.4 is 10.0 Å². The number of piperidine rings is 1. The summed E-state index contributed by atoms with van der Waals surface area (Å²) in [6, 6.07) is 12.0. The standard InChI is InChI=1S/C22H29N3O5S2/c1-3-16-31(27,28)25-15-5-4-6-21(25)22(26)23-18-9-11-19(12-10-18)24-32(29,30)20-13-7-17(2)8-14-20/h7-14,21,24H,3-6,15-16H2,1-2H3,(H,23,26). The molecule has 0 aromatic heterocycles. The number of rotatable bonds is 8. The van der Waals surface area contributed by atoms with Gasteiger partial charge >= 0.3 is 0 Å². The zero-order valence-corrected chi connectivity index (χ0v) is 19.9. The first-order valence-corrected chi connectivity index (χ1v) is 13.7. The average molecular weight is 480 g/mol. The monoisotopic (exact) mass is 479 g/mol. The average Bonchev–Trinajstić information content (AvgIpc) is 2.75. The number of sulfonamides is 2. The Morgan fingerprint density at radius 1 is 0.969 bits per heavy atom. The molecule has 10 heteroatoms. The molecule has 3 rings (SSSR count). The number of hydrogen-bond acceptors (Lipinski definition) is 5. The molecule has 0 aliphatic carbocycles. The van der Waals surface area contributed by atoms with Crippen molar-refractivity contribution in [2.24, 2.45) is 0 Å². The molecule has 1 aliphatic heterocycles. The van der Waals surface area contributed by atoms with Gasteiger partial charge in [0.15, 0.2) is 0 Å². The molecule has 1 atom stereocenters. The summed E-state index contributed by atoms with van der Waals surface area (Å²) in [6.07, 6.45) is 2.49. The highest BCUT2D eigenvalue weighted by Crippen LogP contribution is 2.24. The SMILES string of the molecule is CCCS(=O)(=O)N1CCCCC1C(=O)Nc1ccc(NS(=O)(=O)c2ccc(C)cc2)cc1. The number of amides is 1. The highest BCUT2D eigenvalue weighted by Gasteiger charge is 2.36. The molecule has 1 heterocycles. The Hall–Kier alpha value is -2.43. The number of nitrogens with one attached hydrogen (secondary N) is 2. The molecular formula is C22H29N3O5S2. The van der Waals surface area contributed by atoms with Crippen LogP contribution in [0.5, 0.6) is 0 Å². The number of carbonyl (C=O) groups is 1. The lowest BCUT2D eigenvalue weighted by atomic mass is 10.0. The van der Waals surface area contributed by atoms with Gasteiger partial charge in [-0.05, 0) is 62.6 Å². The summed E-state index contributed by atoms with van der Waals surface area (Å²) in [5.74, 6) is -0.357. The zero-order valence-electron chi connectivity index (χ0n) is 18.2. The number of nitrogens with zero attached hydrogens (tertiary/aromatic N) is 1. The predicted molar refractivity (Wildman–Crippen MR) is 125 cm³/mol. The molecule has 0 radical (unpaired) electrons. The van der Waals surface area contributed by atoms with E-state index in [1.807, 2.05) is 6.92 Å². The van der Waals surface area contributed by atoms with Crippen LogP contribution in [0.1, 0.15) is 38.2 Å². The first-order valence-electron chi connectivity index (χ1n) is 10.6. The molecule has 2 aromatic carbocycles. The van der Waals surface area contributed by atoms with Crippen LogP contribution in [0.4, 0.5) is 11.4 Å². The Morgan fingerprint density at radius 2 is 1.59 bits per heavy atom. The quantitative estimate of drug-likeness (QED) is 0.603. The van der Waals surface area contributed by atoms with Gasteiger partial charge in [0.25, 0.3) is 10.0 Å². The lowest BCUT2D eigenvalue weighted by Gasteiger charge is -2.33.